The first kappa shape index (κ1) is 16.2. The molecular formula is C20H22N6O. The molecule has 3 heterocycles. The number of likely N-dealkylation sites (tertiary alicyclic amines) is 1. The van der Waals surface area contributed by atoms with E-state index >= 15 is 0 Å². The van der Waals surface area contributed by atoms with Gasteiger partial charge in [-0.25, -0.2) is 15.0 Å². The highest BCUT2D eigenvalue weighted by atomic mass is 16.2. The van der Waals surface area contributed by atoms with Gasteiger partial charge in [0.25, 0.3) is 5.91 Å². The van der Waals surface area contributed by atoms with Crippen molar-refractivity contribution >= 4 is 22.9 Å². The van der Waals surface area contributed by atoms with Crippen molar-refractivity contribution < 1.29 is 4.79 Å². The molecule has 3 N–H and O–H groups in total. The van der Waals surface area contributed by atoms with Crippen LogP contribution in [0.4, 0.5) is 5.95 Å². The van der Waals surface area contributed by atoms with Crippen LogP contribution in [0.15, 0.2) is 24.4 Å². The van der Waals surface area contributed by atoms with E-state index in [1.807, 2.05) is 36.2 Å². The molecule has 7 heteroatoms. The highest BCUT2D eigenvalue weighted by molar-refractivity contribution is 5.97. The SMILES string of the molecule is Cc1nc2ccc(C(=O)N3CCCC4(CCc5cnc(N)nc54)C3)cc2[nH]1. The Bertz CT molecular complexity index is 1050. The second kappa shape index (κ2) is 5.77. The number of imidazole rings is 1. The first-order chi connectivity index (χ1) is 13.0. The molecule has 1 saturated heterocycles. The summed E-state index contributed by atoms with van der Waals surface area (Å²) in [5.41, 5.74) is 10.5. The molecule has 1 amide bonds. The fourth-order valence-electron chi connectivity index (χ4n) is 4.71. The number of aromatic amines is 1. The number of benzene rings is 1. The molecular weight excluding hydrogens is 340 g/mol. The van der Waals surface area contributed by atoms with Gasteiger partial charge in [0.15, 0.2) is 0 Å². The predicted molar refractivity (Wildman–Crippen MR) is 102 cm³/mol. The lowest BCUT2D eigenvalue weighted by Gasteiger charge is -2.40. The van der Waals surface area contributed by atoms with Crippen LogP contribution in [-0.2, 0) is 11.8 Å². The molecule has 5 rings (SSSR count). The Morgan fingerprint density at radius 1 is 1.30 bits per heavy atom. The fraction of sp³-hybridized carbons (Fsp3) is 0.400. The van der Waals surface area contributed by atoms with Gasteiger partial charge in [0.2, 0.25) is 5.95 Å². The van der Waals surface area contributed by atoms with Gasteiger partial charge in [-0.3, -0.25) is 4.79 Å². The van der Waals surface area contributed by atoms with Gasteiger partial charge in [0.1, 0.15) is 5.82 Å². The number of fused-ring (bicyclic) bond motifs is 3. The molecule has 1 aliphatic heterocycles. The fourth-order valence-corrected chi connectivity index (χ4v) is 4.71. The number of hydrogen-bond donors (Lipinski definition) is 2. The minimum Gasteiger partial charge on any atom is -0.368 e. The molecule has 7 nitrogen and oxygen atoms in total. The largest absolute Gasteiger partial charge is 0.368 e. The molecule has 0 saturated carbocycles. The lowest BCUT2D eigenvalue weighted by atomic mass is 9.77. The summed E-state index contributed by atoms with van der Waals surface area (Å²) >= 11 is 0. The van der Waals surface area contributed by atoms with Crippen molar-refractivity contribution in [2.75, 3.05) is 18.8 Å². The third kappa shape index (κ3) is 2.57. The summed E-state index contributed by atoms with van der Waals surface area (Å²) in [6.45, 7) is 3.38. The minimum absolute atomic E-state index is 0.0682. The number of nitrogens with two attached hydrogens (primary N) is 1. The van der Waals surface area contributed by atoms with Crippen LogP contribution in [0.1, 0.15) is 46.7 Å². The number of rotatable bonds is 1. The second-order valence-electron chi connectivity index (χ2n) is 7.77. The summed E-state index contributed by atoms with van der Waals surface area (Å²) in [5, 5.41) is 0. The number of H-pyrrole nitrogens is 1. The van der Waals surface area contributed by atoms with E-state index in [-0.39, 0.29) is 11.3 Å². The number of carbonyl (C=O) groups is 1. The highest BCUT2D eigenvalue weighted by Gasteiger charge is 2.44. The Morgan fingerprint density at radius 2 is 2.19 bits per heavy atom. The lowest BCUT2D eigenvalue weighted by molar-refractivity contribution is 0.0633. The number of hydrogen-bond acceptors (Lipinski definition) is 5. The van der Waals surface area contributed by atoms with Crippen molar-refractivity contribution in [3.05, 3.63) is 47.0 Å². The van der Waals surface area contributed by atoms with Crippen LogP contribution in [0.25, 0.3) is 11.0 Å². The van der Waals surface area contributed by atoms with Crippen LogP contribution >= 0.6 is 0 Å². The highest BCUT2D eigenvalue weighted by Crippen LogP contribution is 2.44. The van der Waals surface area contributed by atoms with Crippen LogP contribution < -0.4 is 5.73 Å². The third-order valence-electron chi connectivity index (χ3n) is 5.97. The summed E-state index contributed by atoms with van der Waals surface area (Å²) in [6, 6.07) is 5.68. The zero-order chi connectivity index (χ0) is 18.6. The first-order valence-corrected chi connectivity index (χ1v) is 9.42. The maximum Gasteiger partial charge on any atom is 0.253 e. The number of aryl methyl sites for hydroxylation is 2. The molecule has 1 unspecified atom stereocenters. The number of nitrogens with one attached hydrogen (secondary N) is 1. The van der Waals surface area contributed by atoms with E-state index in [9.17, 15) is 4.79 Å². The summed E-state index contributed by atoms with van der Waals surface area (Å²) < 4.78 is 0. The maximum absolute atomic E-state index is 13.2. The van der Waals surface area contributed by atoms with E-state index in [1.165, 1.54) is 5.56 Å². The van der Waals surface area contributed by atoms with Crippen LogP contribution in [0.5, 0.6) is 0 Å². The van der Waals surface area contributed by atoms with Crippen molar-refractivity contribution in [3.63, 3.8) is 0 Å². The van der Waals surface area contributed by atoms with Gasteiger partial charge >= 0.3 is 0 Å². The van der Waals surface area contributed by atoms with Gasteiger partial charge in [0, 0.05) is 30.3 Å². The zero-order valence-corrected chi connectivity index (χ0v) is 15.3. The van der Waals surface area contributed by atoms with E-state index in [0.717, 1.165) is 54.8 Å². The summed E-state index contributed by atoms with van der Waals surface area (Å²) in [6.07, 6.45) is 5.82. The first-order valence-electron chi connectivity index (χ1n) is 9.42. The van der Waals surface area contributed by atoms with Crippen molar-refractivity contribution in [2.45, 2.75) is 38.0 Å². The molecule has 1 atom stereocenters. The smallest absolute Gasteiger partial charge is 0.253 e. The zero-order valence-electron chi connectivity index (χ0n) is 15.3. The van der Waals surface area contributed by atoms with Crippen LogP contribution in [0.3, 0.4) is 0 Å². The van der Waals surface area contributed by atoms with Crippen LogP contribution in [-0.4, -0.2) is 43.8 Å². The third-order valence-corrected chi connectivity index (χ3v) is 5.97. The van der Waals surface area contributed by atoms with Gasteiger partial charge in [-0.1, -0.05) is 0 Å². The topological polar surface area (TPSA) is 101 Å². The molecule has 3 aromatic rings. The van der Waals surface area contributed by atoms with Gasteiger partial charge in [-0.2, -0.15) is 0 Å². The lowest BCUT2D eigenvalue weighted by Crippen LogP contribution is -2.48. The van der Waals surface area contributed by atoms with Crippen molar-refractivity contribution in [2.24, 2.45) is 0 Å². The Kier molecular flexibility index (Phi) is 3.47. The van der Waals surface area contributed by atoms with Gasteiger partial charge in [-0.05, 0) is 56.4 Å². The number of amides is 1. The standard InChI is InChI=1S/C20H22N6O/c1-12-23-15-4-3-13(9-16(15)24-12)18(27)26-8-2-6-20(11-26)7-5-14-10-22-19(21)25-17(14)20/h3-4,9-10H,2,5-8,11H2,1H3,(H,23,24)(H2,21,22,25). The molecule has 27 heavy (non-hydrogen) atoms. The van der Waals surface area contributed by atoms with Crippen molar-refractivity contribution in [1.82, 2.24) is 24.8 Å². The average molecular weight is 362 g/mol. The normalized spacial score (nSPS) is 21.7. The van der Waals surface area contributed by atoms with Gasteiger partial charge in [-0.15, -0.1) is 0 Å². The molecule has 0 radical (unpaired) electrons. The van der Waals surface area contributed by atoms with E-state index in [4.69, 9.17) is 5.73 Å². The average Bonchev–Trinajstić information content (AvgIpc) is 3.20. The van der Waals surface area contributed by atoms with Crippen LogP contribution in [0.2, 0.25) is 0 Å². The number of nitrogen functional groups attached to an aromatic ring is 1. The van der Waals surface area contributed by atoms with E-state index in [0.29, 0.717) is 18.1 Å². The minimum atomic E-state index is -0.0883. The maximum atomic E-state index is 13.2. The van der Waals surface area contributed by atoms with Crippen molar-refractivity contribution in [3.8, 4) is 0 Å². The molecule has 0 bridgehead atoms. The van der Waals surface area contributed by atoms with Crippen LogP contribution in [0, 0.1) is 6.92 Å². The van der Waals surface area contributed by atoms with Gasteiger partial charge < -0.3 is 15.6 Å². The molecule has 2 aromatic heterocycles. The Morgan fingerprint density at radius 3 is 3.07 bits per heavy atom. The molecule has 2 aliphatic rings. The number of anilines is 1. The molecule has 138 valence electrons. The number of piperidine rings is 1. The number of aromatic nitrogens is 4. The van der Waals surface area contributed by atoms with E-state index in [1.54, 1.807) is 0 Å². The molecule has 1 aliphatic carbocycles. The Hall–Kier alpha value is -2.96. The van der Waals surface area contributed by atoms with E-state index in [2.05, 4.69) is 19.9 Å². The Labute approximate surface area is 157 Å². The quantitative estimate of drug-likeness (QED) is 0.692. The van der Waals surface area contributed by atoms with Crippen molar-refractivity contribution in [1.29, 1.82) is 0 Å². The molecule has 1 spiro atoms. The second-order valence-corrected chi connectivity index (χ2v) is 7.77. The molecule has 1 fully saturated rings. The molecule has 1 aromatic carbocycles. The number of nitrogens with zero attached hydrogens (tertiary/aromatic N) is 4. The van der Waals surface area contributed by atoms with Gasteiger partial charge in [0.05, 0.1) is 16.7 Å². The summed E-state index contributed by atoms with van der Waals surface area (Å²) in [5.74, 6) is 1.24. The summed E-state index contributed by atoms with van der Waals surface area (Å²) in [7, 11) is 0. The summed E-state index contributed by atoms with van der Waals surface area (Å²) in [4.78, 5) is 31.5. The predicted octanol–water partition coefficient (Wildman–Crippen LogP) is 2.36. The van der Waals surface area contributed by atoms with E-state index < -0.39 is 0 Å². The monoisotopic (exact) mass is 362 g/mol. The number of carbonyl (C=O) groups excluding carboxylic acids is 1. The Balaban J connectivity index is 1.46.